The van der Waals surface area contributed by atoms with Crippen molar-refractivity contribution < 1.29 is 4.79 Å². The first-order chi connectivity index (χ1) is 11.7. The Morgan fingerprint density at radius 3 is 2.46 bits per heavy atom. The summed E-state index contributed by atoms with van der Waals surface area (Å²) in [6.45, 7) is 3.07. The first-order valence-corrected chi connectivity index (χ1v) is 9.12. The normalized spacial score (nSPS) is 21.7. The molecule has 24 heavy (non-hydrogen) atoms. The molecule has 2 heteroatoms. The molecule has 2 aromatic rings. The molecule has 0 N–H and O–H groups in total. The lowest BCUT2D eigenvalue weighted by Crippen LogP contribution is -2.49. The van der Waals surface area contributed by atoms with Crippen LogP contribution in [0.15, 0.2) is 54.6 Å². The van der Waals surface area contributed by atoms with Gasteiger partial charge in [-0.15, -0.1) is 0 Å². The van der Waals surface area contributed by atoms with Crippen LogP contribution >= 0.6 is 0 Å². The summed E-state index contributed by atoms with van der Waals surface area (Å²) in [5, 5.41) is 0. The Kier molecular flexibility index (Phi) is 3.91. The van der Waals surface area contributed by atoms with Gasteiger partial charge in [-0.25, -0.2) is 0 Å². The molecule has 124 valence electrons. The van der Waals surface area contributed by atoms with Crippen molar-refractivity contribution >= 4 is 5.91 Å². The van der Waals surface area contributed by atoms with E-state index in [1.54, 1.807) is 0 Å². The molecule has 0 aromatic heterocycles. The molecule has 0 saturated heterocycles. The maximum absolute atomic E-state index is 13.1. The van der Waals surface area contributed by atoms with Gasteiger partial charge < -0.3 is 4.90 Å². The zero-order valence-corrected chi connectivity index (χ0v) is 14.4. The highest BCUT2D eigenvalue weighted by Crippen LogP contribution is 2.48. The highest BCUT2D eigenvalue weighted by molar-refractivity contribution is 5.80. The van der Waals surface area contributed by atoms with Crippen LogP contribution in [0.3, 0.4) is 0 Å². The Morgan fingerprint density at radius 1 is 1.04 bits per heavy atom. The van der Waals surface area contributed by atoms with Crippen molar-refractivity contribution in [1.82, 2.24) is 4.90 Å². The van der Waals surface area contributed by atoms with Crippen LogP contribution in [0.1, 0.15) is 55.3 Å². The van der Waals surface area contributed by atoms with E-state index < -0.39 is 0 Å². The summed E-state index contributed by atoms with van der Waals surface area (Å²) in [5.41, 5.74) is 4.15. The summed E-state index contributed by atoms with van der Waals surface area (Å²) in [4.78, 5) is 15.2. The molecule has 4 rings (SSSR count). The fraction of sp³-hybridized carbons (Fsp3) is 0.409. The second kappa shape index (κ2) is 6.08. The van der Waals surface area contributed by atoms with Gasteiger partial charge in [0.15, 0.2) is 0 Å². The van der Waals surface area contributed by atoms with Gasteiger partial charge in [0.05, 0.1) is 12.5 Å². The number of carbonyl (C=O) groups is 1. The van der Waals surface area contributed by atoms with Crippen LogP contribution in [0.25, 0.3) is 0 Å². The molecule has 1 aliphatic carbocycles. The lowest BCUT2D eigenvalue weighted by Gasteiger charge is -2.46. The number of amides is 1. The number of nitrogens with zero attached hydrogens (tertiary/aromatic N) is 1. The molecule has 2 nitrogen and oxygen atoms in total. The Balaban J connectivity index is 1.66. The van der Waals surface area contributed by atoms with E-state index in [4.69, 9.17) is 0 Å². The summed E-state index contributed by atoms with van der Waals surface area (Å²) in [7, 11) is 0. The molecule has 0 radical (unpaired) electrons. The molecule has 1 spiro atoms. The van der Waals surface area contributed by atoms with Gasteiger partial charge in [-0.05, 0) is 36.5 Å². The first kappa shape index (κ1) is 15.4. The Morgan fingerprint density at radius 2 is 1.71 bits per heavy atom. The average molecular weight is 319 g/mol. The van der Waals surface area contributed by atoms with Crippen molar-refractivity contribution in [2.75, 3.05) is 6.54 Å². The predicted molar refractivity (Wildman–Crippen MR) is 96.9 cm³/mol. The van der Waals surface area contributed by atoms with Crippen LogP contribution in [0, 0.1) is 0 Å². The van der Waals surface area contributed by atoms with E-state index in [0.717, 1.165) is 12.1 Å². The Bertz CT molecular complexity index is 731. The van der Waals surface area contributed by atoms with E-state index in [-0.39, 0.29) is 17.4 Å². The third-order valence-electron chi connectivity index (χ3n) is 6.00. The van der Waals surface area contributed by atoms with Crippen molar-refractivity contribution in [3.8, 4) is 0 Å². The van der Waals surface area contributed by atoms with Gasteiger partial charge in [0.25, 0.3) is 0 Å². The molecule has 1 atom stereocenters. The number of hydrogen-bond acceptors (Lipinski definition) is 1. The van der Waals surface area contributed by atoms with Crippen molar-refractivity contribution in [3.63, 3.8) is 0 Å². The van der Waals surface area contributed by atoms with E-state index in [1.165, 1.54) is 36.8 Å². The quantitative estimate of drug-likeness (QED) is 0.789. The summed E-state index contributed by atoms with van der Waals surface area (Å²) >= 11 is 0. The topological polar surface area (TPSA) is 20.3 Å². The molecular weight excluding hydrogens is 294 g/mol. The second-order valence-electron chi connectivity index (χ2n) is 7.43. The monoisotopic (exact) mass is 319 g/mol. The first-order valence-electron chi connectivity index (χ1n) is 9.12. The van der Waals surface area contributed by atoms with Crippen LogP contribution in [0.5, 0.6) is 0 Å². The van der Waals surface area contributed by atoms with Gasteiger partial charge in [0, 0.05) is 12.0 Å². The van der Waals surface area contributed by atoms with Gasteiger partial charge in [-0.3, -0.25) is 4.79 Å². The van der Waals surface area contributed by atoms with Crippen molar-refractivity contribution in [2.24, 2.45) is 0 Å². The highest BCUT2D eigenvalue weighted by Gasteiger charge is 2.45. The SMILES string of the molecule is C[C@H]1c2ccccc2C2(CCCC2)CN1C(=O)Cc1ccccc1. The second-order valence-corrected chi connectivity index (χ2v) is 7.43. The van der Waals surface area contributed by atoms with Crippen LogP contribution in [0.2, 0.25) is 0 Å². The van der Waals surface area contributed by atoms with Crippen LogP contribution in [-0.4, -0.2) is 17.4 Å². The molecule has 1 fully saturated rings. The fourth-order valence-electron chi connectivity index (χ4n) is 4.72. The average Bonchev–Trinajstić information content (AvgIpc) is 3.08. The number of hydrogen-bond donors (Lipinski definition) is 0. The lowest BCUT2D eigenvalue weighted by atomic mass is 9.72. The highest BCUT2D eigenvalue weighted by atomic mass is 16.2. The third kappa shape index (κ3) is 2.54. The molecule has 0 unspecified atom stereocenters. The standard InChI is InChI=1S/C22H25NO/c1-17-19-11-5-6-12-20(19)22(13-7-8-14-22)16-23(17)21(24)15-18-9-3-2-4-10-18/h2-6,9-12,17H,7-8,13-16H2,1H3/t17-/m0/s1. The van der Waals surface area contributed by atoms with Crippen molar-refractivity contribution in [1.29, 1.82) is 0 Å². The summed E-state index contributed by atoms with van der Waals surface area (Å²) in [6.07, 6.45) is 5.49. The van der Waals surface area contributed by atoms with E-state index in [2.05, 4.69) is 36.1 Å². The molecule has 1 heterocycles. The summed E-state index contributed by atoms with van der Waals surface area (Å²) in [5.74, 6) is 0.259. The Hall–Kier alpha value is -2.09. The van der Waals surface area contributed by atoms with E-state index >= 15 is 0 Å². The molecular formula is C22H25NO. The van der Waals surface area contributed by atoms with E-state index in [1.807, 2.05) is 30.3 Å². The van der Waals surface area contributed by atoms with Gasteiger partial charge >= 0.3 is 0 Å². The van der Waals surface area contributed by atoms with Crippen LogP contribution in [-0.2, 0) is 16.6 Å². The zero-order chi connectivity index (χ0) is 16.6. The van der Waals surface area contributed by atoms with Crippen molar-refractivity contribution in [3.05, 3.63) is 71.3 Å². The Labute approximate surface area is 144 Å². The largest absolute Gasteiger partial charge is 0.335 e. The molecule has 1 amide bonds. The number of carbonyl (C=O) groups excluding carboxylic acids is 1. The smallest absolute Gasteiger partial charge is 0.227 e. The maximum Gasteiger partial charge on any atom is 0.227 e. The van der Waals surface area contributed by atoms with E-state index in [9.17, 15) is 4.79 Å². The van der Waals surface area contributed by atoms with Gasteiger partial charge in [-0.1, -0.05) is 67.4 Å². The number of rotatable bonds is 2. The van der Waals surface area contributed by atoms with Crippen LogP contribution < -0.4 is 0 Å². The summed E-state index contributed by atoms with van der Waals surface area (Å²) < 4.78 is 0. The minimum atomic E-state index is 0.170. The van der Waals surface area contributed by atoms with Gasteiger partial charge in [0.1, 0.15) is 0 Å². The molecule has 2 aromatic carbocycles. The minimum absolute atomic E-state index is 0.170. The van der Waals surface area contributed by atoms with E-state index in [0.29, 0.717) is 6.42 Å². The van der Waals surface area contributed by atoms with Crippen LogP contribution in [0.4, 0.5) is 0 Å². The number of fused-ring (bicyclic) bond motifs is 2. The number of benzene rings is 2. The minimum Gasteiger partial charge on any atom is -0.335 e. The van der Waals surface area contributed by atoms with Gasteiger partial charge in [0.2, 0.25) is 5.91 Å². The predicted octanol–water partition coefficient (Wildman–Crippen LogP) is 4.64. The maximum atomic E-state index is 13.1. The fourth-order valence-corrected chi connectivity index (χ4v) is 4.72. The zero-order valence-electron chi connectivity index (χ0n) is 14.4. The molecule has 1 saturated carbocycles. The lowest BCUT2D eigenvalue weighted by molar-refractivity contribution is -0.134. The third-order valence-corrected chi connectivity index (χ3v) is 6.00. The van der Waals surface area contributed by atoms with Crippen molar-refractivity contribution in [2.45, 2.75) is 50.5 Å². The molecule has 1 aliphatic heterocycles. The van der Waals surface area contributed by atoms with Gasteiger partial charge in [-0.2, -0.15) is 0 Å². The molecule has 0 bridgehead atoms. The summed E-state index contributed by atoms with van der Waals surface area (Å²) in [6, 6.07) is 19.1. The molecule has 2 aliphatic rings.